The van der Waals surface area contributed by atoms with E-state index in [9.17, 15) is 21.6 Å². The summed E-state index contributed by atoms with van der Waals surface area (Å²) < 4.78 is 55.8. The van der Waals surface area contributed by atoms with Gasteiger partial charge in [0.05, 0.1) is 36.5 Å². The summed E-state index contributed by atoms with van der Waals surface area (Å²) in [4.78, 5) is 11.3. The van der Waals surface area contributed by atoms with Crippen LogP contribution < -0.4 is 0 Å². The maximum absolute atomic E-state index is 12.3. The van der Waals surface area contributed by atoms with Gasteiger partial charge in [-0.3, -0.25) is 8.98 Å². The minimum Gasteiger partial charge on any atom is -0.469 e. The largest absolute Gasteiger partial charge is 0.469 e. The van der Waals surface area contributed by atoms with Crippen LogP contribution >= 0.6 is 0 Å². The Kier molecular flexibility index (Phi) is 6.72. The molecule has 0 heterocycles. The van der Waals surface area contributed by atoms with E-state index < -0.39 is 32.0 Å². The molecule has 0 aromatic heterocycles. The SMILES string of the molecule is COC(=O)Cc1cccc(S(=O)(=O)CC[C@@H](C)OS(C)(=O)=O)c1. The fraction of sp³-hybridized carbons (Fsp3) is 0.500. The first-order valence-electron chi connectivity index (χ1n) is 6.80. The van der Waals surface area contributed by atoms with Gasteiger partial charge in [-0.25, -0.2) is 8.42 Å². The van der Waals surface area contributed by atoms with Gasteiger partial charge in [0.1, 0.15) is 0 Å². The summed E-state index contributed by atoms with van der Waals surface area (Å²) in [7, 11) is -5.97. The molecular formula is C14H20O7S2. The van der Waals surface area contributed by atoms with Crippen molar-refractivity contribution in [3.05, 3.63) is 29.8 Å². The highest BCUT2D eigenvalue weighted by Crippen LogP contribution is 2.16. The molecule has 1 aromatic rings. The van der Waals surface area contributed by atoms with Crippen molar-refractivity contribution >= 4 is 25.9 Å². The van der Waals surface area contributed by atoms with Crippen LogP contribution in [0.15, 0.2) is 29.2 Å². The maximum atomic E-state index is 12.3. The lowest BCUT2D eigenvalue weighted by Crippen LogP contribution is -2.18. The molecule has 0 unspecified atom stereocenters. The fourth-order valence-corrected chi connectivity index (χ4v) is 4.06. The zero-order valence-electron chi connectivity index (χ0n) is 13.2. The molecule has 0 N–H and O–H groups in total. The summed E-state index contributed by atoms with van der Waals surface area (Å²) >= 11 is 0. The molecule has 0 saturated heterocycles. The van der Waals surface area contributed by atoms with Crippen LogP contribution in [0, 0.1) is 0 Å². The van der Waals surface area contributed by atoms with E-state index in [1.807, 2.05) is 0 Å². The number of rotatable bonds is 8. The molecule has 1 rings (SSSR count). The second-order valence-corrected chi connectivity index (χ2v) is 8.83. The minimum atomic E-state index is -3.63. The number of esters is 1. The Balaban J connectivity index is 2.80. The van der Waals surface area contributed by atoms with E-state index in [1.54, 1.807) is 12.1 Å². The number of sulfone groups is 1. The van der Waals surface area contributed by atoms with Crippen LogP contribution in [0.3, 0.4) is 0 Å². The molecular weight excluding hydrogens is 344 g/mol. The number of methoxy groups -OCH3 is 1. The van der Waals surface area contributed by atoms with Crippen LogP contribution in [0.5, 0.6) is 0 Å². The van der Waals surface area contributed by atoms with Gasteiger partial charge in [-0.2, -0.15) is 8.42 Å². The smallest absolute Gasteiger partial charge is 0.309 e. The Morgan fingerprint density at radius 1 is 1.22 bits per heavy atom. The lowest BCUT2D eigenvalue weighted by atomic mass is 10.1. The Labute approximate surface area is 136 Å². The van der Waals surface area contributed by atoms with Gasteiger partial charge in [0.2, 0.25) is 0 Å². The normalized spacial score (nSPS) is 13.5. The van der Waals surface area contributed by atoms with Crippen LogP contribution in [0.25, 0.3) is 0 Å². The molecule has 0 amide bonds. The van der Waals surface area contributed by atoms with E-state index in [4.69, 9.17) is 4.18 Å². The molecule has 0 aliphatic rings. The van der Waals surface area contributed by atoms with Gasteiger partial charge >= 0.3 is 5.97 Å². The van der Waals surface area contributed by atoms with Crippen molar-refractivity contribution in [1.29, 1.82) is 0 Å². The number of carbonyl (C=O) groups excluding carboxylic acids is 1. The Morgan fingerprint density at radius 3 is 2.43 bits per heavy atom. The molecule has 0 radical (unpaired) electrons. The number of hydrogen-bond donors (Lipinski definition) is 0. The molecule has 1 aromatic carbocycles. The third-order valence-corrected chi connectivity index (χ3v) is 5.39. The highest BCUT2D eigenvalue weighted by molar-refractivity contribution is 7.91. The van der Waals surface area contributed by atoms with Gasteiger partial charge in [-0.05, 0) is 31.0 Å². The van der Waals surface area contributed by atoms with Gasteiger partial charge in [-0.15, -0.1) is 0 Å². The van der Waals surface area contributed by atoms with Gasteiger partial charge < -0.3 is 4.74 Å². The number of hydrogen-bond acceptors (Lipinski definition) is 7. The topological polar surface area (TPSA) is 104 Å². The zero-order valence-corrected chi connectivity index (χ0v) is 14.8. The van der Waals surface area contributed by atoms with Crippen molar-refractivity contribution in [3.63, 3.8) is 0 Å². The van der Waals surface area contributed by atoms with Crippen molar-refractivity contribution in [2.24, 2.45) is 0 Å². The standard InChI is InChI=1S/C14H20O7S2/c1-11(21-22(3,16)17)7-8-23(18,19)13-6-4-5-12(9-13)10-14(15)20-2/h4-6,9,11H,7-8,10H2,1-3H3/t11-/m1/s1. The summed E-state index contributed by atoms with van der Waals surface area (Å²) in [5.41, 5.74) is 0.526. The molecule has 0 bridgehead atoms. The average Bonchev–Trinajstić information content (AvgIpc) is 2.43. The minimum absolute atomic E-state index is 0.0204. The summed E-state index contributed by atoms with van der Waals surface area (Å²) in [6, 6.07) is 6.01. The molecule has 0 fully saturated rings. The molecule has 0 aliphatic heterocycles. The molecule has 130 valence electrons. The number of ether oxygens (including phenoxy) is 1. The molecule has 9 heteroatoms. The quantitative estimate of drug-likeness (QED) is 0.499. The van der Waals surface area contributed by atoms with E-state index in [-0.39, 0.29) is 23.5 Å². The molecule has 1 atom stereocenters. The predicted octanol–water partition coefficient (Wildman–Crippen LogP) is 0.931. The zero-order chi connectivity index (χ0) is 17.7. The third kappa shape index (κ3) is 7.10. The Morgan fingerprint density at radius 2 is 1.87 bits per heavy atom. The van der Waals surface area contributed by atoms with Gasteiger partial charge in [-0.1, -0.05) is 12.1 Å². The van der Waals surface area contributed by atoms with Crippen molar-refractivity contribution in [2.45, 2.75) is 30.8 Å². The van der Waals surface area contributed by atoms with E-state index in [2.05, 4.69) is 4.74 Å². The third-order valence-electron chi connectivity index (χ3n) is 2.97. The van der Waals surface area contributed by atoms with Crippen LogP contribution in [0.4, 0.5) is 0 Å². The number of carbonyl (C=O) groups is 1. The van der Waals surface area contributed by atoms with Gasteiger partial charge in [0.25, 0.3) is 10.1 Å². The summed E-state index contributed by atoms with van der Waals surface area (Å²) in [5, 5.41) is 0. The summed E-state index contributed by atoms with van der Waals surface area (Å²) in [6.45, 7) is 1.49. The van der Waals surface area contributed by atoms with Crippen molar-refractivity contribution in [1.82, 2.24) is 0 Å². The molecule has 0 spiro atoms. The first kappa shape index (κ1) is 19.6. The average molecular weight is 364 g/mol. The van der Waals surface area contributed by atoms with E-state index in [1.165, 1.54) is 26.2 Å². The Hall–Kier alpha value is -1.45. The number of benzene rings is 1. The second kappa shape index (κ2) is 7.89. The maximum Gasteiger partial charge on any atom is 0.309 e. The second-order valence-electron chi connectivity index (χ2n) is 5.12. The van der Waals surface area contributed by atoms with Gasteiger partial charge in [0, 0.05) is 0 Å². The van der Waals surface area contributed by atoms with Crippen LogP contribution in [0.2, 0.25) is 0 Å². The molecule has 0 aliphatic carbocycles. The van der Waals surface area contributed by atoms with Gasteiger partial charge in [0.15, 0.2) is 9.84 Å². The summed E-state index contributed by atoms with van der Waals surface area (Å²) in [6.07, 6.45) is 0.191. The van der Waals surface area contributed by atoms with E-state index in [0.717, 1.165) is 6.26 Å². The molecule has 7 nitrogen and oxygen atoms in total. The monoisotopic (exact) mass is 364 g/mol. The van der Waals surface area contributed by atoms with Crippen LogP contribution in [-0.4, -0.2) is 48.0 Å². The molecule has 0 saturated carbocycles. The molecule has 23 heavy (non-hydrogen) atoms. The van der Waals surface area contributed by atoms with E-state index >= 15 is 0 Å². The summed E-state index contributed by atoms with van der Waals surface area (Å²) in [5.74, 6) is -0.722. The first-order chi connectivity index (χ1) is 10.5. The lowest BCUT2D eigenvalue weighted by molar-refractivity contribution is -0.139. The highest BCUT2D eigenvalue weighted by Gasteiger charge is 2.19. The van der Waals surface area contributed by atoms with E-state index in [0.29, 0.717) is 5.56 Å². The Bertz CT molecular complexity index is 751. The predicted molar refractivity (Wildman–Crippen MR) is 84.2 cm³/mol. The van der Waals surface area contributed by atoms with Crippen LogP contribution in [0.1, 0.15) is 18.9 Å². The van der Waals surface area contributed by atoms with Crippen molar-refractivity contribution in [2.75, 3.05) is 19.1 Å². The first-order valence-corrected chi connectivity index (χ1v) is 10.3. The van der Waals surface area contributed by atoms with Crippen molar-refractivity contribution in [3.8, 4) is 0 Å². The van der Waals surface area contributed by atoms with Crippen molar-refractivity contribution < 1.29 is 30.6 Å². The lowest BCUT2D eigenvalue weighted by Gasteiger charge is -2.11. The highest BCUT2D eigenvalue weighted by atomic mass is 32.2. The van der Waals surface area contributed by atoms with Crippen LogP contribution in [-0.2, 0) is 40.1 Å². The fourth-order valence-electron chi connectivity index (χ4n) is 1.87.